The molecule has 2 aromatic rings. The maximum absolute atomic E-state index is 12.3. The number of nitrogen functional groups attached to an aromatic ring is 1. The Morgan fingerprint density at radius 2 is 2.11 bits per heavy atom. The van der Waals surface area contributed by atoms with Crippen LogP contribution in [0.4, 0.5) is 5.69 Å². The van der Waals surface area contributed by atoms with Crippen molar-refractivity contribution < 1.29 is 8.42 Å². The number of aromatic nitrogens is 1. The largest absolute Gasteiger partial charge is 0.398 e. The fraction of sp³-hybridized carbons (Fsp3) is 0.250. The number of thiazole rings is 1. The summed E-state index contributed by atoms with van der Waals surface area (Å²) in [5.74, 6) is 0. The van der Waals surface area contributed by atoms with Gasteiger partial charge in [-0.25, -0.2) is 13.1 Å². The zero-order valence-electron chi connectivity index (χ0n) is 10.7. The minimum Gasteiger partial charge on any atom is -0.398 e. The predicted molar refractivity (Wildman–Crippen MR) is 76.5 cm³/mol. The van der Waals surface area contributed by atoms with Crippen molar-refractivity contribution in [1.82, 2.24) is 9.71 Å². The molecule has 0 aliphatic rings. The molecule has 102 valence electrons. The second-order valence-electron chi connectivity index (χ2n) is 4.22. The van der Waals surface area contributed by atoms with Crippen molar-refractivity contribution in [3.8, 4) is 0 Å². The molecule has 0 aliphatic heterocycles. The first-order valence-electron chi connectivity index (χ1n) is 5.64. The summed E-state index contributed by atoms with van der Waals surface area (Å²) in [5.41, 5.74) is 9.30. The zero-order valence-corrected chi connectivity index (χ0v) is 12.3. The quantitative estimate of drug-likeness (QED) is 0.843. The molecule has 1 aromatic carbocycles. The molecular weight excluding hydrogens is 282 g/mol. The van der Waals surface area contributed by atoms with Gasteiger partial charge in [0, 0.05) is 17.6 Å². The number of aryl methyl sites for hydroxylation is 1. The highest BCUT2D eigenvalue weighted by atomic mass is 32.2. The molecule has 1 heterocycles. The Kier molecular flexibility index (Phi) is 3.88. The highest BCUT2D eigenvalue weighted by molar-refractivity contribution is 7.89. The third kappa shape index (κ3) is 2.94. The molecular formula is C12H15N3O2S2. The lowest BCUT2D eigenvalue weighted by Crippen LogP contribution is -2.25. The Labute approximate surface area is 116 Å². The monoisotopic (exact) mass is 297 g/mol. The number of nitrogens with two attached hydrogens (primary N) is 1. The highest BCUT2D eigenvalue weighted by Gasteiger charge is 2.21. The van der Waals surface area contributed by atoms with Crippen LogP contribution in [0.25, 0.3) is 0 Å². The van der Waals surface area contributed by atoms with Gasteiger partial charge in [0.15, 0.2) is 0 Å². The minimum atomic E-state index is -3.62. The Hall–Kier alpha value is -1.44. The van der Waals surface area contributed by atoms with Crippen LogP contribution in [-0.4, -0.2) is 13.4 Å². The van der Waals surface area contributed by atoms with Gasteiger partial charge in [-0.05, 0) is 31.0 Å². The topological polar surface area (TPSA) is 85.1 Å². The number of nitrogens with zero attached hydrogens (tertiary/aromatic N) is 1. The first-order valence-corrected chi connectivity index (χ1v) is 8.01. The molecule has 0 unspecified atom stereocenters. The van der Waals surface area contributed by atoms with Crippen molar-refractivity contribution in [2.24, 2.45) is 0 Å². The maximum Gasteiger partial charge on any atom is 0.243 e. The molecule has 0 saturated carbocycles. The number of nitrogens with one attached hydrogen (secondary N) is 1. The molecule has 0 radical (unpaired) electrons. The lowest BCUT2D eigenvalue weighted by molar-refractivity contribution is 0.581. The van der Waals surface area contributed by atoms with E-state index >= 15 is 0 Å². The number of hydrogen-bond donors (Lipinski definition) is 2. The van der Waals surface area contributed by atoms with E-state index in [4.69, 9.17) is 5.73 Å². The summed E-state index contributed by atoms with van der Waals surface area (Å²) in [7, 11) is -3.62. The van der Waals surface area contributed by atoms with E-state index in [0.29, 0.717) is 5.56 Å². The molecule has 5 nitrogen and oxygen atoms in total. The van der Waals surface area contributed by atoms with Gasteiger partial charge in [-0.2, -0.15) is 0 Å². The molecule has 0 aliphatic carbocycles. The Morgan fingerprint density at radius 1 is 1.37 bits per heavy atom. The SMILES string of the molecule is Cc1ccc(N)c(S(=O)(=O)NCc2cncs2)c1C. The molecule has 0 spiro atoms. The smallest absolute Gasteiger partial charge is 0.243 e. The van der Waals surface area contributed by atoms with Crippen LogP contribution in [0.15, 0.2) is 28.7 Å². The molecule has 2 rings (SSSR count). The second-order valence-corrected chi connectivity index (χ2v) is 6.89. The van der Waals surface area contributed by atoms with Crippen LogP contribution in [0.1, 0.15) is 16.0 Å². The molecule has 7 heteroatoms. The number of anilines is 1. The molecule has 0 fully saturated rings. The predicted octanol–water partition coefficient (Wildman–Crippen LogP) is 1.82. The van der Waals surface area contributed by atoms with Gasteiger partial charge in [0.05, 0.1) is 11.2 Å². The number of rotatable bonds is 4. The van der Waals surface area contributed by atoms with Crippen LogP contribution in [0, 0.1) is 13.8 Å². The number of sulfonamides is 1. The van der Waals surface area contributed by atoms with E-state index in [1.807, 2.05) is 13.0 Å². The minimum absolute atomic E-state index is 0.164. The standard InChI is InChI=1S/C12H15N3O2S2/c1-8-3-4-11(13)12(9(8)2)19(16,17)15-6-10-5-14-7-18-10/h3-5,7,15H,6,13H2,1-2H3. The fourth-order valence-corrected chi connectivity index (χ4v) is 3.79. The first kappa shape index (κ1) is 14.0. The first-order chi connectivity index (χ1) is 8.92. The van der Waals surface area contributed by atoms with Crippen LogP contribution in [0.3, 0.4) is 0 Å². The van der Waals surface area contributed by atoms with E-state index in [2.05, 4.69) is 9.71 Å². The van der Waals surface area contributed by atoms with Gasteiger partial charge in [0.2, 0.25) is 10.0 Å². The molecule has 1 aromatic heterocycles. The van der Waals surface area contributed by atoms with E-state index in [1.54, 1.807) is 24.7 Å². The Bertz CT molecular complexity index is 679. The molecule has 0 bridgehead atoms. The van der Waals surface area contributed by atoms with E-state index in [1.165, 1.54) is 11.3 Å². The van der Waals surface area contributed by atoms with Gasteiger partial charge in [0.1, 0.15) is 4.90 Å². The van der Waals surface area contributed by atoms with Crippen molar-refractivity contribution in [2.75, 3.05) is 5.73 Å². The van der Waals surface area contributed by atoms with Gasteiger partial charge < -0.3 is 5.73 Å². The van der Waals surface area contributed by atoms with Gasteiger partial charge in [-0.15, -0.1) is 11.3 Å². The normalized spacial score (nSPS) is 11.7. The van der Waals surface area contributed by atoms with Crippen LogP contribution in [0.5, 0.6) is 0 Å². The third-order valence-electron chi connectivity index (χ3n) is 2.90. The Morgan fingerprint density at radius 3 is 2.74 bits per heavy atom. The van der Waals surface area contributed by atoms with Crippen molar-refractivity contribution in [1.29, 1.82) is 0 Å². The van der Waals surface area contributed by atoms with Gasteiger partial charge in [0.25, 0.3) is 0 Å². The second kappa shape index (κ2) is 5.28. The summed E-state index contributed by atoms with van der Waals surface area (Å²) in [6, 6.07) is 3.43. The van der Waals surface area contributed by atoms with Crippen molar-refractivity contribution in [3.63, 3.8) is 0 Å². The lowest BCUT2D eigenvalue weighted by Gasteiger charge is -2.13. The summed E-state index contributed by atoms with van der Waals surface area (Å²) in [4.78, 5) is 4.92. The van der Waals surface area contributed by atoms with Crippen molar-refractivity contribution >= 4 is 27.0 Å². The van der Waals surface area contributed by atoms with Gasteiger partial charge in [-0.3, -0.25) is 4.98 Å². The summed E-state index contributed by atoms with van der Waals surface area (Å²) >= 11 is 1.40. The van der Waals surface area contributed by atoms with Crippen LogP contribution in [-0.2, 0) is 16.6 Å². The molecule has 0 amide bonds. The third-order valence-corrected chi connectivity index (χ3v) is 5.28. The average Bonchev–Trinajstić information content (AvgIpc) is 2.85. The van der Waals surface area contributed by atoms with Crippen LogP contribution < -0.4 is 10.5 Å². The summed E-state index contributed by atoms with van der Waals surface area (Å²) in [6.45, 7) is 3.84. The fourth-order valence-electron chi connectivity index (χ4n) is 1.74. The van der Waals surface area contributed by atoms with E-state index < -0.39 is 10.0 Å². The number of hydrogen-bond acceptors (Lipinski definition) is 5. The highest BCUT2D eigenvalue weighted by Crippen LogP contribution is 2.25. The average molecular weight is 297 g/mol. The van der Waals surface area contributed by atoms with Gasteiger partial charge in [-0.1, -0.05) is 6.07 Å². The molecule has 0 atom stereocenters. The molecule has 19 heavy (non-hydrogen) atoms. The summed E-state index contributed by atoms with van der Waals surface area (Å²) in [5, 5.41) is 0. The zero-order chi connectivity index (χ0) is 14.0. The van der Waals surface area contributed by atoms with E-state index in [0.717, 1.165) is 10.4 Å². The van der Waals surface area contributed by atoms with E-state index in [-0.39, 0.29) is 17.1 Å². The number of benzene rings is 1. The lowest BCUT2D eigenvalue weighted by atomic mass is 10.1. The summed E-state index contributed by atoms with van der Waals surface area (Å²) in [6.07, 6.45) is 1.64. The van der Waals surface area contributed by atoms with E-state index in [9.17, 15) is 8.42 Å². The van der Waals surface area contributed by atoms with Crippen molar-refractivity contribution in [2.45, 2.75) is 25.3 Å². The Balaban J connectivity index is 2.32. The van der Waals surface area contributed by atoms with Crippen LogP contribution in [0.2, 0.25) is 0 Å². The van der Waals surface area contributed by atoms with Crippen LogP contribution >= 0.6 is 11.3 Å². The van der Waals surface area contributed by atoms with Crippen molar-refractivity contribution in [3.05, 3.63) is 39.8 Å². The maximum atomic E-state index is 12.3. The van der Waals surface area contributed by atoms with Gasteiger partial charge >= 0.3 is 0 Å². The molecule has 0 saturated heterocycles. The molecule has 3 N–H and O–H groups in total. The summed E-state index contributed by atoms with van der Waals surface area (Å²) < 4.78 is 27.2.